The number of hydrogen-bond acceptors (Lipinski definition) is 5. The molecule has 0 aliphatic carbocycles. The molecule has 0 saturated heterocycles. The highest BCUT2D eigenvalue weighted by Crippen LogP contribution is 2.41. The Bertz CT molecular complexity index is 895. The Labute approximate surface area is 149 Å². The molecular formula is C15H10BrF3O5S. The van der Waals surface area contributed by atoms with Crippen molar-refractivity contribution in [2.75, 3.05) is 0 Å². The van der Waals surface area contributed by atoms with Crippen LogP contribution in [-0.4, -0.2) is 18.8 Å². The molecule has 0 atom stereocenters. The second-order valence-corrected chi connectivity index (χ2v) is 7.52. The number of phenols is 1. The van der Waals surface area contributed by atoms with Crippen molar-refractivity contribution in [1.29, 1.82) is 0 Å². The molecule has 0 aliphatic heterocycles. The molecule has 0 bridgehead atoms. The second-order valence-electron chi connectivity index (χ2n) is 4.83. The zero-order valence-electron chi connectivity index (χ0n) is 12.2. The molecule has 2 aromatic carbocycles. The van der Waals surface area contributed by atoms with E-state index in [4.69, 9.17) is 0 Å². The van der Waals surface area contributed by atoms with Crippen molar-refractivity contribution in [1.82, 2.24) is 0 Å². The average molecular weight is 439 g/mol. The van der Waals surface area contributed by atoms with E-state index in [0.29, 0.717) is 17.7 Å². The van der Waals surface area contributed by atoms with Gasteiger partial charge < -0.3 is 9.84 Å². The Morgan fingerprint density at radius 1 is 1.16 bits per heavy atom. The van der Waals surface area contributed by atoms with Gasteiger partial charge in [0.05, 0.1) is 5.56 Å². The third-order valence-electron chi connectivity index (χ3n) is 3.05. The molecule has 0 saturated carbocycles. The molecule has 0 aromatic heterocycles. The Hall–Kier alpha value is -2.07. The Morgan fingerprint density at radius 2 is 1.76 bits per heavy atom. The highest BCUT2D eigenvalue weighted by atomic mass is 79.9. The minimum atomic E-state index is -5.01. The molecule has 1 N–H and O–H groups in total. The number of ether oxygens (including phenoxy) is 1. The first-order valence-corrected chi connectivity index (χ1v) is 8.86. The maximum Gasteiger partial charge on any atom is 0.430 e. The lowest BCUT2D eigenvalue weighted by molar-refractivity contribution is -0.139. The van der Waals surface area contributed by atoms with Gasteiger partial charge in [0.15, 0.2) is 0 Å². The van der Waals surface area contributed by atoms with Gasteiger partial charge in [-0.3, -0.25) is 0 Å². The minimum absolute atomic E-state index is 0.271. The summed E-state index contributed by atoms with van der Waals surface area (Å²) in [5.74, 6) is -1.56. The second kappa shape index (κ2) is 7.04. The molecule has 0 heterocycles. The molecule has 0 amide bonds. The van der Waals surface area contributed by atoms with Gasteiger partial charge in [-0.1, -0.05) is 46.3 Å². The monoisotopic (exact) mass is 438 g/mol. The van der Waals surface area contributed by atoms with Gasteiger partial charge in [0.2, 0.25) is 0 Å². The van der Waals surface area contributed by atoms with Gasteiger partial charge in [0.25, 0.3) is 9.84 Å². The van der Waals surface area contributed by atoms with E-state index >= 15 is 0 Å². The first kappa shape index (κ1) is 19.3. The summed E-state index contributed by atoms with van der Waals surface area (Å²) in [5.41, 5.74) is -1.10. The molecular weight excluding hydrogens is 429 g/mol. The first-order valence-electron chi connectivity index (χ1n) is 6.59. The number of sulfone groups is 1. The topological polar surface area (TPSA) is 80.7 Å². The summed E-state index contributed by atoms with van der Waals surface area (Å²) in [6.07, 6.45) is -5.01. The van der Waals surface area contributed by atoms with E-state index in [-0.39, 0.29) is 11.1 Å². The molecule has 0 spiro atoms. The van der Waals surface area contributed by atoms with Crippen LogP contribution in [0.3, 0.4) is 0 Å². The van der Waals surface area contributed by atoms with Crippen LogP contribution in [0.15, 0.2) is 51.8 Å². The van der Waals surface area contributed by atoms with Crippen LogP contribution in [-0.2, 0) is 27.4 Å². The largest absolute Gasteiger partial charge is 0.506 e. The molecule has 0 unspecified atom stereocenters. The van der Waals surface area contributed by atoms with Gasteiger partial charge in [-0.25, -0.2) is 13.2 Å². The van der Waals surface area contributed by atoms with Crippen LogP contribution >= 0.6 is 15.9 Å². The molecule has 2 aromatic rings. The SMILES string of the molecule is O=C(OCc1ccccc1)S(=O)(=O)c1cc(Br)cc(C(F)(F)F)c1O. The summed E-state index contributed by atoms with van der Waals surface area (Å²) in [6, 6.07) is 9.30. The van der Waals surface area contributed by atoms with Gasteiger partial charge in [0, 0.05) is 4.47 Å². The number of halogens is 4. The lowest BCUT2D eigenvalue weighted by atomic mass is 10.2. The quantitative estimate of drug-likeness (QED) is 0.723. The van der Waals surface area contributed by atoms with Crippen LogP contribution in [0.2, 0.25) is 0 Å². The van der Waals surface area contributed by atoms with Gasteiger partial charge in [-0.05, 0) is 17.7 Å². The highest BCUT2D eigenvalue weighted by molar-refractivity contribution is 9.10. The first-order chi connectivity index (χ1) is 11.5. The Morgan fingerprint density at radius 3 is 2.32 bits per heavy atom. The van der Waals surface area contributed by atoms with E-state index in [1.807, 2.05) is 0 Å². The number of alkyl halides is 3. The van der Waals surface area contributed by atoms with Gasteiger partial charge in [-0.2, -0.15) is 13.2 Å². The van der Waals surface area contributed by atoms with Crippen molar-refractivity contribution in [2.45, 2.75) is 17.7 Å². The molecule has 0 radical (unpaired) electrons. The fraction of sp³-hybridized carbons (Fsp3) is 0.133. The summed E-state index contributed by atoms with van der Waals surface area (Å²) in [6.45, 7) is -0.389. The Balaban J connectivity index is 2.36. The van der Waals surface area contributed by atoms with Gasteiger partial charge >= 0.3 is 11.5 Å². The van der Waals surface area contributed by atoms with Crippen molar-refractivity contribution in [3.8, 4) is 5.75 Å². The van der Waals surface area contributed by atoms with E-state index in [1.165, 1.54) is 0 Å². The van der Waals surface area contributed by atoms with Crippen molar-refractivity contribution >= 4 is 31.1 Å². The standard InChI is InChI=1S/C15H10BrF3O5S/c16-10-6-11(15(17,18)19)13(20)12(7-10)25(22,23)14(21)24-8-9-4-2-1-3-5-9/h1-7,20H,8H2. The lowest BCUT2D eigenvalue weighted by Crippen LogP contribution is -2.18. The summed E-state index contributed by atoms with van der Waals surface area (Å²) in [5, 5.41) is 7.93. The fourth-order valence-corrected chi connectivity index (χ4v) is 3.53. The van der Waals surface area contributed by atoms with E-state index < -0.39 is 37.5 Å². The number of carbonyl (C=O) groups is 1. The Kier molecular flexibility index (Phi) is 5.43. The van der Waals surface area contributed by atoms with E-state index in [1.54, 1.807) is 30.3 Å². The number of aromatic hydroxyl groups is 1. The maximum atomic E-state index is 12.9. The third-order valence-corrected chi connectivity index (χ3v) is 4.96. The number of hydrogen-bond donors (Lipinski definition) is 1. The van der Waals surface area contributed by atoms with Crippen LogP contribution in [0.25, 0.3) is 0 Å². The predicted octanol–water partition coefficient (Wildman–Crippen LogP) is 4.28. The van der Waals surface area contributed by atoms with Crippen LogP contribution in [0.4, 0.5) is 18.0 Å². The van der Waals surface area contributed by atoms with Crippen molar-refractivity contribution in [3.05, 3.63) is 58.1 Å². The zero-order chi connectivity index (χ0) is 18.8. The summed E-state index contributed by atoms with van der Waals surface area (Å²) < 4.78 is 67.4. The molecule has 134 valence electrons. The van der Waals surface area contributed by atoms with E-state index in [0.717, 1.165) is 0 Å². The van der Waals surface area contributed by atoms with Gasteiger partial charge in [0.1, 0.15) is 17.3 Å². The number of phenolic OH excluding ortho intramolecular Hbond substituents is 1. The van der Waals surface area contributed by atoms with Gasteiger partial charge in [-0.15, -0.1) is 0 Å². The normalized spacial score (nSPS) is 12.0. The summed E-state index contributed by atoms with van der Waals surface area (Å²) >= 11 is 2.73. The summed E-state index contributed by atoms with van der Waals surface area (Å²) in [4.78, 5) is 10.7. The number of carbonyl (C=O) groups excluding carboxylic acids is 1. The summed E-state index contributed by atoms with van der Waals surface area (Å²) in [7, 11) is -4.99. The van der Waals surface area contributed by atoms with Crippen LogP contribution in [0, 0.1) is 0 Å². The molecule has 0 fully saturated rings. The molecule has 0 aliphatic rings. The fourth-order valence-electron chi connectivity index (χ4n) is 1.88. The average Bonchev–Trinajstić information content (AvgIpc) is 2.54. The number of benzene rings is 2. The van der Waals surface area contributed by atoms with E-state index in [2.05, 4.69) is 20.7 Å². The molecule has 5 nitrogen and oxygen atoms in total. The number of rotatable bonds is 3. The van der Waals surface area contributed by atoms with E-state index in [9.17, 15) is 31.5 Å². The van der Waals surface area contributed by atoms with Crippen molar-refractivity contribution < 1.29 is 36.2 Å². The molecule has 25 heavy (non-hydrogen) atoms. The van der Waals surface area contributed by atoms with Crippen molar-refractivity contribution in [2.24, 2.45) is 0 Å². The smallest absolute Gasteiger partial charge is 0.430 e. The van der Waals surface area contributed by atoms with Crippen molar-refractivity contribution in [3.63, 3.8) is 0 Å². The zero-order valence-corrected chi connectivity index (χ0v) is 14.7. The highest BCUT2D eigenvalue weighted by Gasteiger charge is 2.39. The maximum absolute atomic E-state index is 12.9. The molecule has 2 rings (SSSR count). The predicted molar refractivity (Wildman–Crippen MR) is 84.6 cm³/mol. The van der Waals surface area contributed by atoms with Crippen LogP contribution < -0.4 is 0 Å². The van der Waals surface area contributed by atoms with Crippen LogP contribution in [0.5, 0.6) is 5.75 Å². The van der Waals surface area contributed by atoms with Crippen LogP contribution in [0.1, 0.15) is 11.1 Å². The third kappa shape index (κ3) is 4.31. The minimum Gasteiger partial charge on any atom is -0.506 e. The lowest BCUT2D eigenvalue weighted by Gasteiger charge is -2.13. The molecule has 10 heteroatoms.